The van der Waals surface area contributed by atoms with E-state index in [0.29, 0.717) is 22.8 Å². The van der Waals surface area contributed by atoms with Gasteiger partial charge < -0.3 is 11.1 Å². The molecule has 0 radical (unpaired) electrons. The highest BCUT2D eigenvalue weighted by Crippen LogP contribution is 2.18. The van der Waals surface area contributed by atoms with Crippen LogP contribution in [-0.2, 0) is 6.54 Å². The van der Waals surface area contributed by atoms with E-state index in [9.17, 15) is 4.79 Å². The number of aromatic nitrogens is 2. The standard InChI is InChI=1S/C13H15ClN4O/c1-7-11(8(2)18-17-7)6-16-13(19)10-4-3-9(14)5-12(10)15/h3-5H,6,15H2,1-2H3,(H,16,19)(H,17,18). The van der Waals surface area contributed by atoms with Crippen LogP contribution in [0.5, 0.6) is 0 Å². The summed E-state index contributed by atoms with van der Waals surface area (Å²) in [5.41, 5.74) is 9.36. The molecule has 2 rings (SSSR count). The molecule has 1 amide bonds. The minimum absolute atomic E-state index is 0.228. The molecular weight excluding hydrogens is 264 g/mol. The van der Waals surface area contributed by atoms with Gasteiger partial charge in [-0.25, -0.2) is 0 Å². The highest BCUT2D eigenvalue weighted by atomic mass is 35.5. The number of halogens is 1. The van der Waals surface area contributed by atoms with Gasteiger partial charge in [0.25, 0.3) is 5.91 Å². The summed E-state index contributed by atoms with van der Waals surface area (Å²) >= 11 is 5.80. The van der Waals surface area contributed by atoms with Crippen LogP contribution in [0.15, 0.2) is 18.2 Å². The molecule has 0 spiro atoms. The predicted octanol–water partition coefficient (Wildman–Crippen LogP) is 2.19. The van der Waals surface area contributed by atoms with Gasteiger partial charge in [0.1, 0.15) is 0 Å². The van der Waals surface area contributed by atoms with Crippen LogP contribution in [0, 0.1) is 13.8 Å². The largest absolute Gasteiger partial charge is 0.398 e. The summed E-state index contributed by atoms with van der Waals surface area (Å²) in [6.07, 6.45) is 0. The molecule has 100 valence electrons. The fraction of sp³-hybridized carbons (Fsp3) is 0.231. The molecule has 0 aliphatic heterocycles. The topological polar surface area (TPSA) is 83.8 Å². The average Bonchev–Trinajstić information content (AvgIpc) is 2.66. The number of rotatable bonds is 3. The first-order valence-electron chi connectivity index (χ1n) is 5.82. The Labute approximate surface area is 116 Å². The monoisotopic (exact) mass is 278 g/mol. The minimum Gasteiger partial charge on any atom is -0.398 e. The highest BCUT2D eigenvalue weighted by molar-refractivity contribution is 6.31. The third-order valence-corrected chi connectivity index (χ3v) is 3.20. The summed E-state index contributed by atoms with van der Waals surface area (Å²) in [7, 11) is 0. The Bertz CT molecular complexity index is 602. The van der Waals surface area contributed by atoms with Crippen molar-refractivity contribution >= 4 is 23.2 Å². The number of nitrogens with two attached hydrogens (primary N) is 1. The van der Waals surface area contributed by atoms with Gasteiger partial charge in [-0.2, -0.15) is 5.10 Å². The first-order chi connectivity index (χ1) is 8.99. The van der Waals surface area contributed by atoms with Crippen molar-refractivity contribution < 1.29 is 4.79 Å². The second-order valence-corrected chi connectivity index (χ2v) is 4.76. The fourth-order valence-electron chi connectivity index (χ4n) is 1.84. The zero-order chi connectivity index (χ0) is 14.0. The zero-order valence-corrected chi connectivity index (χ0v) is 11.5. The molecule has 1 aromatic heterocycles. The molecule has 4 N–H and O–H groups in total. The third-order valence-electron chi connectivity index (χ3n) is 2.96. The Morgan fingerprint density at radius 3 is 2.79 bits per heavy atom. The molecule has 19 heavy (non-hydrogen) atoms. The molecular formula is C13H15ClN4O. The van der Waals surface area contributed by atoms with E-state index in [-0.39, 0.29) is 5.91 Å². The normalized spacial score (nSPS) is 10.5. The molecule has 2 aromatic rings. The molecule has 0 aliphatic rings. The molecule has 1 heterocycles. The lowest BCUT2D eigenvalue weighted by Crippen LogP contribution is -2.24. The van der Waals surface area contributed by atoms with Gasteiger partial charge in [-0.1, -0.05) is 11.6 Å². The van der Waals surface area contributed by atoms with Crippen LogP contribution in [0.25, 0.3) is 0 Å². The van der Waals surface area contributed by atoms with Crippen LogP contribution in [0.1, 0.15) is 27.3 Å². The van der Waals surface area contributed by atoms with Crippen molar-refractivity contribution in [1.82, 2.24) is 15.5 Å². The van der Waals surface area contributed by atoms with Crippen LogP contribution >= 0.6 is 11.6 Å². The Morgan fingerprint density at radius 2 is 2.21 bits per heavy atom. The number of anilines is 1. The number of nitrogen functional groups attached to an aromatic ring is 1. The predicted molar refractivity (Wildman–Crippen MR) is 75.1 cm³/mol. The van der Waals surface area contributed by atoms with Crippen molar-refractivity contribution in [2.24, 2.45) is 0 Å². The number of aromatic amines is 1. The van der Waals surface area contributed by atoms with Crippen LogP contribution in [0.2, 0.25) is 5.02 Å². The second kappa shape index (κ2) is 5.32. The molecule has 0 bridgehead atoms. The van der Waals surface area contributed by atoms with Crippen molar-refractivity contribution in [3.8, 4) is 0 Å². The van der Waals surface area contributed by atoms with Crippen LogP contribution in [-0.4, -0.2) is 16.1 Å². The van der Waals surface area contributed by atoms with Crippen molar-refractivity contribution in [1.29, 1.82) is 0 Å². The Kier molecular flexibility index (Phi) is 3.76. The van der Waals surface area contributed by atoms with Gasteiger partial charge in [0.2, 0.25) is 0 Å². The van der Waals surface area contributed by atoms with Crippen molar-refractivity contribution in [3.63, 3.8) is 0 Å². The lowest BCUT2D eigenvalue weighted by atomic mass is 10.1. The molecule has 5 nitrogen and oxygen atoms in total. The first-order valence-corrected chi connectivity index (χ1v) is 6.20. The summed E-state index contributed by atoms with van der Waals surface area (Å²) in [6, 6.07) is 4.81. The van der Waals surface area contributed by atoms with Gasteiger partial charge in [0, 0.05) is 28.5 Å². The van der Waals surface area contributed by atoms with E-state index >= 15 is 0 Å². The first kappa shape index (κ1) is 13.4. The quantitative estimate of drug-likeness (QED) is 0.753. The zero-order valence-electron chi connectivity index (χ0n) is 10.7. The number of nitrogens with zero attached hydrogens (tertiary/aromatic N) is 1. The van der Waals surface area contributed by atoms with Gasteiger partial charge in [-0.3, -0.25) is 9.89 Å². The number of carbonyl (C=O) groups excluding carboxylic acids is 1. The van der Waals surface area contributed by atoms with E-state index in [2.05, 4.69) is 15.5 Å². The molecule has 0 atom stereocenters. The van der Waals surface area contributed by atoms with Gasteiger partial charge >= 0.3 is 0 Å². The number of hydrogen-bond acceptors (Lipinski definition) is 3. The molecule has 0 saturated heterocycles. The number of benzene rings is 1. The van der Waals surface area contributed by atoms with E-state index in [1.807, 2.05) is 13.8 Å². The van der Waals surface area contributed by atoms with Crippen LogP contribution in [0.3, 0.4) is 0 Å². The summed E-state index contributed by atoms with van der Waals surface area (Å²) in [5, 5.41) is 10.3. The number of nitrogens with one attached hydrogen (secondary N) is 2. The van der Waals surface area contributed by atoms with Gasteiger partial charge in [-0.05, 0) is 32.0 Å². The Hall–Kier alpha value is -2.01. The summed E-state index contributed by atoms with van der Waals surface area (Å²) < 4.78 is 0. The van der Waals surface area contributed by atoms with E-state index in [0.717, 1.165) is 17.0 Å². The van der Waals surface area contributed by atoms with Crippen LogP contribution in [0.4, 0.5) is 5.69 Å². The van der Waals surface area contributed by atoms with Gasteiger partial charge in [0.05, 0.1) is 11.3 Å². The number of aryl methyl sites for hydroxylation is 2. The summed E-state index contributed by atoms with van der Waals surface area (Å²) in [4.78, 5) is 12.0. The summed E-state index contributed by atoms with van der Waals surface area (Å²) in [5.74, 6) is -0.228. The highest BCUT2D eigenvalue weighted by Gasteiger charge is 2.12. The molecule has 6 heteroatoms. The Morgan fingerprint density at radius 1 is 1.47 bits per heavy atom. The molecule has 0 unspecified atom stereocenters. The molecule has 1 aromatic carbocycles. The maximum absolute atomic E-state index is 12.0. The van der Waals surface area contributed by atoms with E-state index in [4.69, 9.17) is 17.3 Å². The molecule has 0 saturated carbocycles. The average molecular weight is 279 g/mol. The number of carbonyl (C=O) groups is 1. The van der Waals surface area contributed by atoms with Crippen molar-refractivity contribution in [2.75, 3.05) is 5.73 Å². The number of hydrogen-bond donors (Lipinski definition) is 3. The molecule has 0 fully saturated rings. The Balaban J connectivity index is 2.10. The lowest BCUT2D eigenvalue weighted by Gasteiger charge is -2.08. The maximum atomic E-state index is 12.0. The van der Waals surface area contributed by atoms with E-state index < -0.39 is 0 Å². The second-order valence-electron chi connectivity index (χ2n) is 4.33. The smallest absolute Gasteiger partial charge is 0.253 e. The molecule has 0 aliphatic carbocycles. The lowest BCUT2D eigenvalue weighted by molar-refractivity contribution is 0.0952. The van der Waals surface area contributed by atoms with Crippen molar-refractivity contribution in [2.45, 2.75) is 20.4 Å². The van der Waals surface area contributed by atoms with E-state index in [1.54, 1.807) is 18.2 Å². The number of amides is 1. The SMILES string of the molecule is Cc1n[nH]c(C)c1CNC(=O)c1ccc(Cl)cc1N. The maximum Gasteiger partial charge on any atom is 0.253 e. The minimum atomic E-state index is -0.228. The van der Waals surface area contributed by atoms with Gasteiger partial charge in [0.15, 0.2) is 0 Å². The van der Waals surface area contributed by atoms with E-state index in [1.165, 1.54) is 0 Å². The van der Waals surface area contributed by atoms with Crippen molar-refractivity contribution in [3.05, 3.63) is 45.7 Å². The third kappa shape index (κ3) is 2.88. The van der Waals surface area contributed by atoms with Gasteiger partial charge in [-0.15, -0.1) is 0 Å². The fourth-order valence-corrected chi connectivity index (χ4v) is 2.02. The number of H-pyrrole nitrogens is 1. The summed E-state index contributed by atoms with van der Waals surface area (Å²) in [6.45, 7) is 4.22. The van der Waals surface area contributed by atoms with Crippen LogP contribution < -0.4 is 11.1 Å².